The molecule has 1 atom stereocenters. The van der Waals surface area contributed by atoms with Gasteiger partial charge in [0.2, 0.25) is 0 Å². The SMILES string of the molecule is Cl.NCCCOC1CCN(C(=O)c2ccc(OCC3CCCO3)cc2)CC1. The zero-order chi connectivity index (χ0) is 18.2. The van der Waals surface area contributed by atoms with Gasteiger partial charge in [-0.25, -0.2) is 0 Å². The number of hydrogen-bond donors (Lipinski definition) is 1. The second-order valence-electron chi connectivity index (χ2n) is 6.97. The number of amides is 1. The van der Waals surface area contributed by atoms with Crippen LogP contribution in [0.5, 0.6) is 5.75 Å². The highest BCUT2D eigenvalue weighted by atomic mass is 35.5. The molecule has 0 spiro atoms. The summed E-state index contributed by atoms with van der Waals surface area (Å²) in [5.41, 5.74) is 6.19. The quantitative estimate of drug-likeness (QED) is 0.681. The second kappa shape index (κ2) is 11.5. The maximum atomic E-state index is 12.7. The first kappa shape index (κ1) is 22.0. The predicted molar refractivity (Wildman–Crippen MR) is 107 cm³/mol. The molecule has 1 aromatic carbocycles. The molecule has 6 nitrogen and oxygen atoms in total. The van der Waals surface area contributed by atoms with E-state index in [9.17, 15) is 4.79 Å². The van der Waals surface area contributed by atoms with Gasteiger partial charge >= 0.3 is 0 Å². The summed E-state index contributed by atoms with van der Waals surface area (Å²) in [4.78, 5) is 14.6. The van der Waals surface area contributed by atoms with E-state index in [2.05, 4.69) is 0 Å². The Labute approximate surface area is 167 Å². The Kier molecular flexibility index (Phi) is 9.34. The molecule has 7 heteroatoms. The van der Waals surface area contributed by atoms with Gasteiger partial charge in [0.25, 0.3) is 5.91 Å². The molecule has 1 amide bonds. The number of piperidine rings is 1. The summed E-state index contributed by atoms with van der Waals surface area (Å²) >= 11 is 0. The van der Waals surface area contributed by atoms with Crippen LogP contribution < -0.4 is 10.5 Å². The third kappa shape index (κ3) is 6.64. The van der Waals surface area contributed by atoms with Gasteiger partial charge in [-0.15, -0.1) is 12.4 Å². The van der Waals surface area contributed by atoms with Gasteiger partial charge in [-0.05, 0) is 62.9 Å². The Hall–Kier alpha value is -1.34. The summed E-state index contributed by atoms with van der Waals surface area (Å²) in [6, 6.07) is 7.42. The van der Waals surface area contributed by atoms with Crippen LogP contribution in [0.3, 0.4) is 0 Å². The Morgan fingerprint density at radius 2 is 1.93 bits per heavy atom. The minimum Gasteiger partial charge on any atom is -0.491 e. The molecule has 0 aromatic heterocycles. The molecule has 152 valence electrons. The van der Waals surface area contributed by atoms with Crippen molar-refractivity contribution >= 4 is 18.3 Å². The normalized spacial score (nSPS) is 20.3. The average molecular weight is 399 g/mol. The van der Waals surface area contributed by atoms with Crippen molar-refractivity contribution in [2.75, 3.05) is 39.5 Å². The topological polar surface area (TPSA) is 74.0 Å². The average Bonchev–Trinajstić information content (AvgIpc) is 3.21. The summed E-state index contributed by atoms with van der Waals surface area (Å²) in [5.74, 6) is 0.861. The van der Waals surface area contributed by atoms with Crippen LogP contribution in [0.15, 0.2) is 24.3 Å². The number of ether oxygens (including phenoxy) is 3. The minimum absolute atomic E-state index is 0. The van der Waals surface area contributed by atoms with E-state index >= 15 is 0 Å². The smallest absolute Gasteiger partial charge is 0.253 e. The molecule has 2 heterocycles. The lowest BCUT2D eigenvalue weighted by atomic mass is 10.1. The number of carbonyl (C=O) groups is 1. The number of nitrogens with zero attached hydrogens (tertiary/aromatic N) is 1. The van der Waals surface area contributed by atoms with E-state index < -0.39 is 0 Å². The van der Waals surface area contributed by atoms with Crippen molar-refractivity contribution in [3.05, 3.63) is 29.8 Å². The van der Waals surface area contributed by atoms with Crippen LogP contribution in [0.2, 0.25) is 0 Å². The minimum atomic E-state index is 0. The number of rotatable bonds is 8. The Morgan fingerprint density at radius 3 is 2.56 bits per heavy atom. The van der Waals surface area contributed by atoms with E-state index in [0.29, 0.717) is 25.3 Å². The summed E-state index contributed by atoms with van der Waals surface area (Å²) < 4.78 is 17.1. The fourth-order valence-electron chi connectivity index (χ4n) is 3.40. The van der Waals surface area contributed by atoms with Crippen LogP contribution >= 0.6 is 12.4 Å². The van der Waals surface area contributed by atoms with Gasteiger partial charge in [0.1, 0.15) is 12.4 Å². The van der Waals surface area contributed by atoms with Crippen molar-refractivity contribution in [3.63, 3.8) is 0 Å². The Balaban J connectivity index is 0.00000261. The second-order valence-corrected chi connectivity index (χ2v) is 6.97. The van der Waals surface area contributed by atoms with Gasteiger partial charge in [-0.3, -0.25) is 4.79 Å². The van der Waals surface area contributed by atoms with Crippen LogP contribution in [0, 0.1) is 0 Å². The van der Waals surface area contributed by atoms with Crippen molar-refractivity contribution < 1.29 is 19.0 Å². The number of benzene rings is 1. The first-order chi connectivity index (χ1) is 12.8. The number of likely N-dealkylation sites (tertiary alicyclic amines) is 1. The molecule has 2 fully saturated rings. The number of halogens is 1. The fourth-order valence-corrected chi connectivity index (χ4v) is 3.40. The fraction of sp³-hybridized carbons (Fsp3) is 0.650. The third-order valence-electron chi connectivity index (χ3n) is 4.99. The largest absolute Gasteiger partial charge is 0.491 e. The lowest BCUT2D eigenvalue weighted by Crippen LogP contribution is -2.41. The van der Waals surface area contributed by atoms with E-state index in [1.54, 1.807) is 0 Å². The summed E-state index contributed by atoms with van der Waals surface area (Å²) in [6.45, 7) is 4.25. The van der Waals surface area contributed by atoms with Gasteiger partial charge in [0.15, 0.2) is 0 Å². The maximum absolute atomic E-state index is 12.7. The summed E-state index contributed by atoms with van der Waals surface area (Å²) in [7, 11) is 0. The highest BCUT2D eigenvalue weighted by Gasteiger charge is 2.24. The molecule has 2 N–H and O–H groups in total. The molecule has 3 rings (SSSR count). The van der Waals surface area contributed by atoms with Crippen molar-refractivity contribution in [2.45, 2.75) is 44.3 Å². The van der Waals surface area contributed by atoms with E-state index in [4.69, 9.17) is 19.9 Å². The van der Waals surface area contributed by atoms with Crippen LogP contribution in [-0.2, 0) is 9.47 Å². The lowest BCUT2D eigenvalue weighted by Gasteiger charge is -2.32. The molecule has 2 aliphatic rings. The van der Waals surface area contributed by atoms with E-state index in [0.717, 1.165) is 57.6 Å². The van der Waals surface area contributed by atoms with Crippen LogP contribution in [0.4, 0.5) is 0 Å². The highest BCUT2D eigenvalue weighted by Crippen LogP contribution is 2.20. The Morgan fingerprint density at radius 1 is 1.19 bits per heavy atom. The number of nitrogens with two attached hydrogens (primary N) is 1. The van der Waals surface area contributed by atoms with Crippen molar-refractivity contribution in [2.24, 2.45) is 5.73 Å². The monoisotopic (exact) mass is 398 g/mol. The van der Waals surface area contributed by atoms with Crippen molar-refractivity contribution in [3.8, 4) is 5.75 Å². The van der Waals surface area contributed by atoms with Gasteiger partial charge in [-0.2, -0.15) is 0 Å². The molecule has 0 aliphatic carbocycles. The zero-order valence-corrected chi connectivity index (χ0v) is 16.6. The Bertz CT molecular complexity index is 556. The standard InChI is InChI=1S/C20H30N2O4.ClH/c21-10-2-14-24-18-8-11-22(12-9-18)20(23)16-4-6-17(7-5-16)26-15-19-3-1-13-25-19;/h4-7,18-19H,1-3,8-15,21H2;1H. The molecular formula is C20H31ClN2O4. The van der Waals surface area contributed by atoms with Crippen LogP contribution in [0.25, 0.3) is 0 Å². The summed E-state index contributed by atoms with van der Waals surface area (Å²) in [6.07, 6.45) is 5.28. The first-order valence-electron chi connectivity index (χ1n) is 9.71. The zero-order valence-electron chi connectivity index (χ0n) is 15.8. The maximum Gasteiger partial charge on any atom is 0.253 e. The molecular weight excluding hydrogens is 368 g/mol. The number of carbonyl (C=O) groups excluding carboxylic acids is 1. The van der Waals surface area contributed by atoms with E-state index in [1.807, 2.05) is 29.2 Å². The third-order valence-corrected chi connectivity index (χ3v) is 4.99. The molecule has 1 unspecified atom stereocenters. The molecule has 1 aromatic rings. The van der Waals surface area contributed by atoms with Gasteiger partial charge in [0.05, 0.1) is 12.2 Å². The predicted octanol–water partition coefficient (Wildman–Crippen LogP) is 2.64. The molecule has 2 aliphatic heterocycles. The molecule has 27 heavy (non-hydrogen) atoms. The number of hydrogen-bond acceptors (Lipinski definition) is 5. The van der Waals surface area contributed by atoms with E-state index in [1.165, 1.54) is 0 Å². The lowest BCUT2D eigenvalue weighted by molar-refractivity contribution is 0.00844. The highest BCUT2D eigenvalue weighted by molar-refractivity contribution is 5.94. The molecule has 0 saturated carbocycles. The van der Waals surface area contributed by atoms with Crippen molar-refractivity contribution in [1.82, 2.24) is 4.90 Å². The van der Waals surface area contributed by atoms with Gasteiger partial charge in [-0.1, -0.05) is 0 Å². The van der Waals surface area contributed by atoms with Crippen molar-refractivity contribution in [1.29, 1.82) is 0 Å². The molecule has 0 bridgehead atoms. The summed E-state index contributed by atoms with van der Waals surface area (Å²) in [5, 5.41) is 0. The molecule has 2 saturated heterocycles. The van der Waals surface area contributed by atoms with Crippen LogP contribution in [0.1, 0.15) is 42.5 Å². The first-order valence-corrected chi connectivity index (χ1v) is 9.71. The molecule has 0 radical (unpaired) electrons. The van der Waals surface area contributed by atoms with Crippen LogP contribution in [-0.4, -0.2) is 62.5 Å². The van der Waals surface area contributed by atoms with E-state index in [-0.39, 0.29) is 30.5 Å². The van der Waals surface area contributed by atoms with Gasteiger partial charge in [0, 0.05) is 31.9 Å². The van der Waals surface area contributed by atoms with Gasteiger partial charge < -0.3 is 24.8 Å².